The van der Waals surface area contributed by atoms with Crippen LogP contribution in [0.3, 0.4) is 0 Å². The van der Waals surface area contributed by atoms with Crippen molar-refractivity contribution in [3.05, 3.63) is 65.2 Å². The third-order valence-electron chi connectivity index (χ3n) is 4.99. The van der Waals surface area contributed by atoms with Crippen molar-refractivity contribution < 1.29 is 18.9 Å². The summed E-state index contributed by atoms with van der Waals surface area (Å²) in [6, 6.07) is 15.3. The fourth-order valence-corrected chi connectivity index (χ4v) is 3.61. The molecular weight excluding hydrogens is 384 g/mol. The Kier molecular flexibility index (Phi) is 4.94. The predicted molar refractivity (Wildman–Crippen MR) is 109 cm³/mol. The molecular formula is C22H20N4O4. The van der Waals surface area contributed by atoms with Crippen molar-refractivity contribution in [2.45, 2.75) is 5.92 Å². The summed E-state index contributed by atoms with van der Waals surface area (Å²) in [5.74, 6) is 1.37. The van der Waals surface area contributed by atoms with Gasteiger partial charge in [0, 0.05) is 5.56 Å². The predicted octanol–water partition coefficient (Wildman–Crippen LogP) is 3.32. The van der Waals surface area contributed by atoms with Crippen molar-refractivity contribution in [3.63, 3.8) is 0 Å². The lowest BCUT2D eigenvalue weighted by Gasteiger charge is -2.25. The number of aromatic amines is 1. The molecule has 0 radical (unpaired) electrons. The van der Waals surface area contributed by atoms with E-state index in [2.05, 4.69) is 16.3 Å². The molecule has 0 fully saturated rings. The van der Waals surface area contributed by atoms with E-state index in [-0.39, 0.29) is 11.5 Å². The largest absolute Gasteiger partial charge is 0.493 e. The van der Waals surface area contributed by atoms with Crippen LogP contribution in [-0.4, -0.2) is 31.5 Å². The molecule has 2 heterocycles. The minimum atomic E-state index is -0.544. The lowest BCUT2D eigenvalue weighted by atomic mass is 9.86. The lowest BCUT2D eigenvalue weighted by molar-refractivity contribution is 0.323. The molecule has 0 spiro atoms. The van der Waals surface area contributed by atoms with E-state index in [1.165, 1.54) is 21.3 Å². The molecule has 0 saturated carbocycles. The summed E-state index contributed by atoms with van der Waals surface area (Å²) >= 11 is 0. The second-order valence-electron chi connectivity index (χ2n) is 6.56. The SMILES string of the molecule is COc1cc(C2C(C#N)=C(N)Oc3c(-c4ccccc4)n[nH]c32)cc(OC)c1OC. The molecule has 8 nitrogen and oxygen atoms in total. The normalized spacial score (nSPS) is 15.1. The highest BCUT2D eigenvalue weighted by Gasteiger charge is 2.36. The Balaban J connectivity index is 1.93. The van der Waals surface area contributed by atoms with Crippen LogP contribution >= 0.6 is 0 Å². The van der Waals surface area contributed by atoms with Crippen molar-refractivity contribution in [3.8, 4) is 40.3 Å². The second kappa shape index (κ2) is 7.72. The van der Waals surface area contributed by atoms with E-state index < -0.39 is 5.92 Å². The van der Waals surface area contributed by atoms with Crippen LogP contribution in [0.2, 0.25) is 0 Å². The molecule has 0 aliphatic carbocycles. The average molecular weight is 404 g/mol. The Labute approximate surface area is 173 Å². The number of benzene rings is 2. The molecule has 1 aromatic heterocycles. The Morgan fingerprint density at radius 1 is 1.07 bits per heavy atom. The van der Waals surface area contributed by atoms with Gasteiger partial charge in [-0.3, -0.25) is 5.10 Å². The van der Waals surface area contributed by atoms with Gasteiger partial charge in [-0.15, -0.1) is 0 Å². The topological polar surface area (TPSA) is 115 Å². The molecule has 1 aliphatic heterocycles. The van der Waals surface area contributed by atoms with Crippen molar-refractivity contribution >= 4 is 0 Å². The van der Waals surface area contributed by atoms with E-state index in [0.717, 1.165) is 11.1 Å². The Morgan fingerprint density at radius 2 is 1.73 bits per heavy atom. The molecule has 1 atom stereocenters. The van der Waals surface area contributed by atoms with Crippen LogP contribution in [0.5, 0.6) is 23.0 Å². The van der Waals surface area contributed by atoms with Gasteiger partial charge in [-0.2, -0.15) is 10.4 Å². The van der Waals surface area contributed by atoms with Crippen LogP contribution in [0.15, 0.2) is 53.9 Å². The summed E-state index contributed by atoms with van der Waals surface area (Å²) in [7, 11) is 4.61. The van der Waals surface area contributed by atoms with Crippen LogP contribution in [0.1, 0.15) is 17.2 Å². The van der Waals surface area contributed by atoms with E-state index in [0.29, 0.717) is 34.4 Å². The van der Waals surface area contributed by atoms with Gasteiger partial charge in [-0.25, -0.2) is 0 Å². The first-order chi connectivity index (χ1) is 14.6. The minimum absolute atomic E-state index is 0.0299. The van der Waals surface area contributed by atoms with E-state index in [1.54, 1.807) is 12.1 Å². The first kappa shape index (κ1) is 19.2. The Bertz CT molecular complexity index is 1140. The molecule has 2 aromatic carbocycles. The first-order valence-corrected chi connectivity index (χ1v) is 9.14. The van der Waals surface area contributed by atoms with E-state index in [1.807, 2.05) is 30.3 Å². The van der Waals surface area contributed by atoms with Crippen molar-refractivity contribution in [1.29, 1.82) is 5.26 Å². The maximum atomic E-state index is 9.81. The second-order valence-corrected chi connectivity index (χ2v) is 6.56. The van der Waals surface area contributed by atoms with Gasteiger partial charge in [0.25, 0.3) is 0 Å². The molecule has 4 rings (SSSR count). The number of nitriles is 1. The van der Waals surface area contributed by atoms with Gasteiger partial charge in [-0.1, -0.05) is 30.3 Å². The van der Waals surface area contributed by atoms with E-state index >= 15 is 0 Å². The Morgan fingerprint density at radius 3 is 2.30 bits per heavy atom. The number of nitrogens with one attached hydrogen (secondary N) is 1. The van der Waals surface area contributed by atoms with Crippen molar-refractivity contribution in [1.82, 2.24) is 10.2 Å². The number of hydrogen-bond donors (Lipinski definition) is 2. The number of hydrogen-bond acceptors (Lipinski definition) is 7. The van der Waals surface area contributed by atoms with E-state index in [9.17, 15) is 5.26 Å². The molecule has 1 unspecified atom stereocenters. The standard InChI is InChI=1S/C22H20N4O4/c1-27-15-9-13(10-16(28-2)20(15)29-3)17-14(11-23)22(24)30-21-18(25-26-19(17)21)12-7-5-4-6-8-12/h4-10,17H,24H2,1-3H3,(H,25,26). The van der Waals surface area contributed by atoms with Gasteiger partial charge >= 0.3 is 0 Å². The van der Waals surface area contributed by atoms with Crippen molar-refractivity contribution in [2.75, 3.05) is 21.3 Å². The Hall–Kier alpha value is -4.12. The van der Waals surface area contributed by atoms with Gasteiger partial charge in [0.05, 0.1) is 32.9 Å². The maximum Gasteiger partial charge on any atom is 0.205 e. The molecule has 30 heavy (non-hydrogen) atoms. The summed E-state index contributed by atoms with van der Waals surface area (Å²) < 4.78 is 22.2. The number of rotatable bonds is 5. The fraction of sp³-hybridized carbons (Fsp3) is 0.182. The first-order valence-electron chi connectivity index (χ1n) is 9.14. The van der Waals surface area contributed by atoms with Crippen LogP contribution in [0.25, 0.3) is 11.3 Å². The van der Waals surface area contributed by atoms with Crippen LogP contribution in [0, 0.1) is 11.3 Å². The molecule has 152 valence electrons. The van der Waals surface area contributed by atoms with Gasteiger partial charge in [0.2, 0.25) is 11.6 Å². The number of ether oxygens (including phenoxy) is 4. The minimum Gasteiger partial charge on any atom is -0.493 e. The highest BCUT2D eigenvalue weighted by Crippen LogP contribution is 2.48. The van der Waals surface area contributed by atoms with Gasteiger partial charge in [0.15, 0.2) is 17.2 Å². The van der Waals surface area contributed by atoms with Gasteiger partial charge < -0.3 is 24.7 Å². The number of nitrogens with zero attached hydrogens (tertiary/aromatic N) is 2. The van der Waals surface area contributed by atoms with Gasteiger partial charge in [0.1, 0.15) is 17.3 Å². The zero-order chi connectivity index (χ0) is 21.3. The molecule has 3 aromatic rings. The number of nitrogens with two attached hydrogens (primary N) is 1. The zero-order valence-electron chi connectivity index (χ0n) is 16.7. The third kappa shape index (κ3) is 2.97. The molecule has 3 N–H and O–H groups in total. The van der Waals surface area contributed by atoms with Crippen LogP contribution in [0.4, 0.5) is 0 Å². The number of fused-ring (bicyclic) bond motifs is 1. The number of methoxy groups -OCH3 is 3. The number of aromatic nitrogens is 2. The highest BCUT2D eigenvalue weighted by molar-refractivity contribution is 5.71. The van der Waals surface area contributed by atoms with Crippen LogP contribution in [-0.2, 0) is 0 Å². The smallest absolute Gasteiger partial charge is 0.205 e. The molecule has 1 aliphatic rings. The molecule has 8 heteroatoms. The third-order valence-corrected chi connectivity index (χ3v) is 4.99. The molecule has 0 bridgehead atoms. The quantitative estimate of drug-likeness (QED) is 0.670. The lowest BCUT2D eigenvalue weighted by Crippen LogP contribution is -2.21. The van der Waals surface area contributed by atoms with E-state index in [4.69, 9.17) is 24.7 Å². The van der Waals surface area contributed by atoms with Gasteiger partial charge in [-0.05, 0) is 17.7 Å². The summed E-state index contributed by atoms with van der Waals surface area (Å²) in [5.41, 5.74) is 9.23. The monoisotopic (exact) mass is 404 g/mol. The maximum absolute atomic E-state index is 9.81. The average Bonchev–Trinajstić information content (AvgIpc) is 3.20. The van der Waals surface area contributed by atoms with Crippen LogP contribution < -0.4 is 24.7 Å². The zero-order valence-corrected chi connectivity index (χ0v) is 16.7. The number of allylic oxidation sites excluding steroid dienone is 1. The number of H-pyrrole nitrogens is 1. The highest BCUT2D eigenvalue weighted by atomic mass is 16.5. The molecule has 0 amide bonds. The summed E-state index contributed by atoms with van der Waals surface area (Å²) in [6.45, 7) is 0. The van der Waals surface area contributed by atoms with Crippen molar-refractivity contribution in [2.24, 2.45) is 5.73 Å². The summed E-state index contributed by atoms with van der Waals surface area (Å²) in [5, 5.41) is 17.3. The summed E-state index contributed by atoms with van der Waals surface area (Å²) in [4.78, 5) is 0. The fourth-order valence-electron chi connectivity index (χ4n) is 3.61. The molecule has 0 saturated heterocycles. The summed E-state index contributed by atoms with van der Waals surface area (Å²) in [6.07, 6.45) is 0.